The molecule has 0 spiro atoms. The molecule has 0 aliphatic carbocycles. The molecule has 0 bridgehead atoms. The van der Waals surface area contributed by atoms with Gasteiger partial charge in [0.2, 0.25) is 0 Å². The Morgan fingerprint density at radius 1 is 1.35 bits per heavy atom. The van der Waals surface area contributed by atoms with Crippen molar-refractivity contribution < 1.29 is 9.53 Å². The molecule has 0 aliphatic rings. The summed E-state index contributed by atoms with van der Waals surface area (Å²) in [5, 5.41) is 3.93. The molecule has 6 nitrogen and oxygen atoms in total. The van der Waals surface area contributed by atoms with Gasteiger partial charge in [0.1, 0.15) is 5.75 Å². The molecule has 1 heterocycles. The quantitative estimate of drug-likeness (QED) is 0.561. The zero-order chi connectivity index (χ0) is 16.1. The third-order valence-corrected chi connectivity index (χ3v) is 3.30. The molecule has 6 heteroatoms. The maximum atomic E-state index is 11.7. The van der Waals surface area contributed by atoms with Crippen molar-refractivity contribution in [3.05, 3.63) is 59.9 Å². The van der Waals surface area contributed by atoms with Crippen molar-refractivity contribution in [1.82, 2.24) is 15.4 Å². The number of carbonyl (C=O) groups is 1. The first-order valence-electron chi connectivity index (χ1n) is 7.16. The Morgan fingerprint density at radius 3 is 3.09 bits per heavy atom. The first-order chi connectivity index (χ1) is 11.2. The van der Waals surface area contributed by atoms with Crippen molar-refractivity contribution in [2.45, 2.75) is 6.92 Å². The minimum Gasteiger partial charge on any atom is -0.483 e. The molecule has 2 N–H and O–H groups in total. The number of para-hydroxylation sites is 1. The fourth-order valence-corrected chi connectivity index (χ4v) is 2.11. The van der Waals surface area contributed by atoms with Crippen LogP contribution < -0.4 is 10.2 Å². The van der Waals surface area contributed by atoms with Gasteiger partial charge in [0.25, 0.3) is 5.91 Å². The van der Waals surface area contributed by atoms with Crippen LogP contribution in [0.5, 0.6) is 5.75 Å². The summed E-state index contributed by atoms with van der Waals surface area (Å²) in [6.07, 6.45) is 3.21. The number of nitrogens with zero attached hydrogens (tertiary/aromatic N) is 2. The maximum absolute atomic E-state index is 11.7. The van der Waals surface area contributed by atoms with Crippen LogP contribution in [0.2, 0.25) is 0 Å². The number of hydrazone groups is 1. The zero-order valence-electron chi connectivity index (χ0n) is 12.6. The Balaban J connectivity index is 1.53. The van der Waals surface area contributed by atoms with E-state index < -0.39 is 0 Å². The van der Waals surface area contributed by atoms with Crippen LogP contribution in [-0.2, 0) is 4.79 Å². The molecule has 0 saturated carbocycles. The molecule has 1 aromatic heterocycles. The highest BCUT2D eigenvalue weighted by molar-refractivity contribution is 5.87. The monoisotopic (exact) mass is 308 g/mol. The van der Waals surface area contributed by atoms with Gasteiger partial charge in [0.05, 0.1) is 23.6 Å². The molecule has 2 aromatic carbocycles. The summed E-state index contributed by atoms with van der Waals surface area (Å²) in [5.41, 5.74) is 6.09. The number of hydrogen-bond acceptors (Lipinski definition) is 4. The molecule has 0 saturated heterocycles. The summed E-state index contributed by atoms with van der Waals surface area (Å²) >= 11 is 0. The van der Waals surface area contributed by atoms with Crippen LogP contribution in [-0.4, -0.2) is 28.7 Å². The smallest absolute Gasteiger partial charge is 0.277 e. The average molecular weight is 308 g/mol. The van der Waals surface area contributed by atoms with Gasteiger partial charge >= 0.3 is 0 Å². The van der Waals surface area contributed by atoms with Crippen LogP contribution in [0.15, 0.2) is 53.9 Å². The number of aromatic amines is 1. The summed E-state index contributed by atoms with van der Waals surface area (Å²) in [4.78, 5) is 18.9. The van der Waals surface area contributed by atoms with Gasteiger partial charge in [-0.05, 0) is 36.2 Å². The van der Waals surface area contributed by atoms with Crippen molar-refractivity contribution in [2.24, 2.45) is 5.10 Å². The van der Waals surface area contributed by atoms with Crippen LogP contribution in [0, 0.1) is 6.92 Å². The van der Waals surface area contributed by atoms with Gasteiger partial charge in [-0.2, -0.15) is 5.10 Å². The first kappa shape index (κ1) is 14.8. The second-order valence-electron chi connectivity index (χ2n) is 5.03. The third kappa shape index (κ3) is 3.74. The topological polar surface area (TPSA) is 79.4 Å². The van der Waals surface area contributed by atoms with Crippen LogP contribution in [0.25, 0.3) is 11.0 Å². The summed E-state index contributed by atoms with van der Waals surface area (Å²) in [6, 6.07) is 13.2. The highest BCUT2D eigenvalue weighted by Crippen LogP contribution is 2.15. The molecule has 0 fully saturated rings. The second kappa shape index (κ2) is 6.74. The third-order valence-electron chi connectivity index (χ3n) is 3.30. The standard InChI is InChI=1S/C17H16N4O2/c1-12-4-2-3-5-16(12)23-10-17(22)21-20-9-13-6-7-14-15(8-13)19-11-18-14/h2-9,11H,10H2,1H3,(H,18,19)(H,21,22)/b20-9-. The van der Waals surface area contributed by atoms with Crippen molar-refractivity contribution in [3.63, 3.8) is 0 Å². The van der Waals surface area contributed by atoms with E-state index >= 15 is 0 Å². The van der Waals surface area contributed by atoms with Crippen LogP contribution in [0.4, 0.5) is 0 Å². The summed E-state index contributed by atoms with van der Waals surface area (Å²) in [5.74, 6) is 0.378. The number of nitrogens with one attached hydrogen (secondary N) is 2. The summed E-state index contributed by atoms with van der Waals surface area (Å²) in [7, 11) is 0. The Morgan fingerprint density at radius 2 is 2.22 bits per heavy atom. The Kier molecular flexibility index (Phi) is 4.33. The predicted octanol–water partition coefficient (Wildman–Crippen LogP) is 2.40. The molecule has 0 atom stereocenters. The number of benzene rings is 2. The van der Waals surface area contributed by atoms with Gasteiger partial charge in [-0.1, -0.05) is 24.3 Å². The van der Waals surface area contributed by atoms with Crippen molar-refractivity contribution in [3.8, 4) is 5.75 Å². The first-order valence-corrected chi connectivity index (χ1v) is 7.16. The number of amides is 1. The fraction of sp³-hybridized carbons (Fsp3) is 0.118. The number of aryl methyl sites for hydroxylation is 1. The van der Waals surface area contributed by atoms with E-state index in [4.69, 9.17) is 4.74 Å². The number of fused-ring (bicyclic) bond motifs is 1. The molecule has 116 valence electrons. The number of H-pyrrole nitrogens is 1. The molecule has 0 unspecified atom stereocenters. The molecule has 3 rings (SSSR count). The number of carbonyl (C=O) groups excluding carboxylic acids is 1. The molecular weight excluding hydrogens is 292 g/mol. The lowest BCUT2D eigenvalue weighted by molar-refractivity contribution is -0.123. The Bertz CT molecular complexity index is 854. The van der Waals surface area contributed by atoms with E-state index in [0.717, 1.165) is 22.2 Å². The summed E-state index contributed by atoms with van der Waals surface area (Å²) < 4.78 is 5.45. The number of ether oxygens (including phenoxy) is 1. The Labute approximate surface area is 133 Å². The minimum atomic E-state index is -0.313. The fourth-order valence-electron chi connectivity index (χ4n) is 2.11. The lowest BCUT2D eigenvalue weighted by atomic mass is 10.2. The van der Waals surface area contributed by atoms with Gasteiger partial charge in [-0.15, -0.1) is 0 Å². The average Bonchev–Trinajstić information content (AvgIpc) is 3.02. The normalized spacial score (nSPS) is 11.0. The lowest BCUT2D eigenvalue weighted by Gasteiger charge is -2.07. The molecule has 1 amide bonds. The molecular formula is C17H16N4O2. The van der Waals surface area contributed by atoms with E-state index in [0.29, 0.717) is 5.75 Å². The minimum absolute atomic E-state index is 0.0816. The zero-order valence-corrected chi connectivity index (χ0v) is 12.6. The largest absolute Gasteiger partial charge is 0.483 e. The maximum Gasteiger partial charge on any atom is 0.277 e. The van der Waals surface area contributed by atoms with Crippen molar-refractivity contribution in [2.75, 3.05) is 6.61 Å². The van der Waals surface area contributed by atoms with E-state index in [9.17, 15) is 4.79 Å². The van der Waals surface area contributed by atoms with Crippen molar-refractivity contribution in [1.29, 1.82) is 0 Å². The molecule has 0 aliphatic heterocycles. The van der Waals surface area contributed by atoms with Gasteiger partial charge in [0.15, 0.2) is 6.61 Å². The van der Waals surface area contributed by atoms with Gasteiger partial charge in [0, 0.05) is 0 Å². The van der Waals surface area contributed by atoms with Crippen LogP contribution in [0.3, 0.4) is 0 Å². The van der Waals surface area contributed by atoms with Crippen molar-refractivity contribution >= 4 is 23.2 Å². The molecule has 23 heavy (non-hydrogen) atoms. The lowest BCUT2D eigenvalue weighted by Crippen LogP contribution is -2.24. The van der Waals surface area contributed by atoms with E-state index in [1.807, 2.05) is 49.4 Å². The van der Waals surface area contributed by atoms with Gasteiger partial charge in [-0.3, -0.25) is 4.79 Å². The molecule has 3 aromatic rings. The van der Waals surface area contributed by atoms with E-state index in [1.165, 1.54) is 0 Å². The van der Waals surface area contributed by atoms with E-state index in [1.54, 1.807) is 12.5 Å². The SMILES string of the molecule is Cc1ccccc1OCC(=O)N/N=C\c1ccc2nc[nH]c2c1. The van der Waals surface area contributed by atoms with E-state index in [2.05, 4.69) is 20.5 Å². The Hall–Kier alpha value is -3.15. The summed E-state index contributed by atoms with van der Waals surface area (Å²) in [6.45, 7) is 1.85. The number of hydrogen-bond donors (Lipinski definition) is 2. The number of aromatic nitrogens is 2. The highest BCUT2D eigenvalue weighted by atomic mass is 16.5. The number of rotatable bonds is 5. The number of imidazole rings is 1. The van der Waals surface area contributed by atoms with Gasteiger partial charge < -0.3 is 9.72 Å². The molecule has 0 radical (unpaired) electrons. The highest BCUT2D eigenvalue weighted by Gasteiger charge is 2.03. The van der Waals surface area contributed by atoms with E-state index in [-0.39, 0.29) is 12.5 Å². The van der Waals surface area contributed by atoms with Crippen LogP contribution in [0.1, 0.15) is 11.1 Å². The van der Waals surface area contributed by atoms with Crippen LogP contribution >= 0.6 is 0 Å². The second-order valence-corrected chi connectivity index (χ2v) is 5.03. The van der Waals surface area contributed by atoms with Gasteiger partial charge in [-0.25, -0.2) is 10.4 Å². The predicted molar refractivity (Wildman–Crippen MR) is 88.5 cm³/mol.